The average Bonchev–Trinajstić information content (AvgIpc) is 2.60. The fourth-order valence-electron chi connectivity index (χ4n) is 1.90. The van der Waals surface area contributed by atoms with Crippen LogP contribution in [0.3, 0.4) is 0 Å². The highest BCUT2D eigenvalue weighted by Gasteiger charge is 2.19. The highest BCUT2D eigenvalue weighted by atomic mass is 19.1. The third-order valence-corrected chi connectivity index (χ3v) is 3.24. The quantitative estimate of drug-likeness (QED) is 0.547. The molecule has 0 saturated heterocycles. The fraction of sp³-hybridized carbons (Fsp3) is 0.125. The van der Waals surface area contributed by atoms with Crippen molar-refractivity contribution >= 4 is 17.5 Å². The number of nitrogens with one attached hydrogen (secondary N) is 2. The van der Waals surface area contributed by atoms with E-state index in [9.17, 15) is 29.2 Å². The molecule has 9 nitrogen and oxygen atoms in total. The molecule has 3 N–H and O–H groups in total. The van der Waals surface area contributed by atoms with Crippen LogP contribution in [0.25, 0.3) is 0 Å². The van der Waals surface area contributed by atoms with Gasteiger partial charge in [0, 0.05) is 11.6 Å². The van der Waals surface area contributed by atoms with Crippen molar-refractivity contribution in [2.75, 3.05) is 0 Å². The van der Waals surface area contributed by atoms with Crippen molar-refractivity contribution < 1.29 is 28.7 Å². The molecule has 0 aliphatic heterocycles. The van der Waals surface area contributed by atoms with Crippen LogP contribution in [0.15, 0.2) is 42.5 Å². The van der Waals surface area contributed by atoms with Gasteiger partial charge >= 0.3 is 5.69 Å². The van der Waals surface area contributed by atoms with Gasteiger partial charge in [-0.15, -0.1) is 0 Å². The van der Waals surface area contributed by atoms with Crippen LogP contribution in [0.4, 0.5) is 10.1 Å². The lowest BCUT2D eigenvalue weighted by molar-refractivity contribution is -0.385. The number of benzene rings is 2. The largest absolute Gasteiger partial charge is 0.502 e. The van der Waals surface area contributed by atoms with Crippen LogP contribution >= 0.6 is 0 Å². The molecule has 1 atom stereocenters. The van der Waals surface area contributed by atoms with Crippen molar-refractivity contribution in [3.63, 3.8) is 0 Å². The first-order valence-corrected chi connectivity index (χ1v) is 7.28. The molecule has 0 aromatic heterocycles. The zero-order valence-electron chi connectivity index (χ0n) is 13.4. The van der Waals surface area contributed by atoms with Crippen molar-refractivity contribution in [2.24, 2.45) is 0 Å². The van der Waals surface area contributed by atoms with Gasteiger partial charge in [-0.3, -0.25) is 30.6 Å². The van der Waals surface area contributed by atoms with E-state index in [0.29, 0.717) is 0 Å². The predicted octanol–water partition coefficient (Wildman–Crippen LogP) is 1.67. The number of hydrogen-bond acceptors (Lipinski definition) is 6. The minimum absolute atomic E-state index is 0.115. The van der Waals surface area contributed by atoms with Crippen molar-refractivity contribution in [1.82, 2.24) is 10.9 Å². The van der Waals surface area contributed by atoms with Crippen LogP contribution in [-0.2, 0) is 4.79 Å². The van der Waals surface area contributed by atoms with Gasteiger partial charge in [-0.25, -0.2) is 4.39 Å². The van der Waals surface area contributed by atoms with E-state index in [4.69, 9.17) is 4.74 Å². The summed E-state index contributed by atoms with van der Waals surface area (Å²) in [6.45, 7) is 1.35. The Morgan fingerprint density at radius 1 is 1.23 bits per heavy atom. The summed E-state index contributed by atoms with van der Waals surface area (Å²) in [4.78, 5) is 33.6. The number of nitrogens with zero attached hydrogens (tertiary/aromatic N) is 1. The zero-order chi connectivity index (χ0) is 19.3. The first-order valence-electron chi connectivity index (χ1n) is 7.28. The van der Waals surface area contributed by atoms with E-state index in [0.717, 1.165) is 18.2 Å². The number of nitro groups is 1. The van der Waals surface area contributed by atoms with Gasteiger partial charge in [0.2, 0.25) is 0 Å². The molecule has 1 unspecified atom stereocenters. The number of ether oxygens (including phenoxy) is 1. The second-order valence-electron chi connectivity index (χ2n) is 5.09. The Hall–Kier alpha value is -3.69. The summed E-state index contributed by atoms with van der Waals surface area (Å²) < 4.78 is 18.6. The normalized spacial score (nSPS) is 11.3. The highest BCUT2D eigenvalue weighted by molar-refractivity contribution is 5.96. The number of carbonyl (C=O) groups excluding carboxylic acids is 2. The minimum atomic E-state index is -1.11. The summed E-state index contributed by atoms with van der Waals surface area (Å²) in [6.07, 6.45) is -1.11. The number of hydrazine groups is 1. The van der Waals surface area contributed by atoms with Crippen molar-refractivity contribution in [3.05, 3.63) is 64.0 Å². The minimum Gasteiger partial charge on any atom is -0.502 e. The molecule has 0 aliphatic carbocycles. The molecule has 0 spiro atoms. The molecule has 2 rings (SSSR count). The zero-order valence-corrected chi connectivity index (χ0v) is 13.4. The Morgan fingerprint density at radius 3 is 2.54 bits per heavy atom. The lowest BCUT2D eigenvalue weighted by atomic mass is 10.2. The van der Waals surface area contributed by atoms with Gasteiger partial charge < -0.3 is 9.84 Å². The summed E-state index contributed by atoms with van der Waals surface area (Å²) in [7, 11) is 0. The summed E-state index contributed by atoms with van der Waals surface area (Å²) in [5.41, 5.74) is 3.47. The number of nitro benzene ring substituents is 1. The molecule has 0 radical (unpaired) electrons. The van der Waals surface area contributed by atoms with Crippen LogP contribution in [0.2, 0.25) is 0 Å². The lowest BCUT2D eigenvalue weighted by Gasteiger charge is -2.15. The topological polar surface area (TPSA) is 131 Å². The van der Waals surface area contributed by atoms with E-state index in [-0.39, 0.29) is 11.3 Å². The number of para-hydroxylation sites is 1. The number of halogens is 1. The molecule has 0 saturated carbocycles. The van der Waals surface area contributed by atoms with Gasteiger partial charge in [-0.05, 0) is 31.2 Å². The number of phenols is 1. The third kappa shape index (κ3) is 4.44. The fourth-order valence-corrected chi connectivity index (χ4v) is 1.90. The van der Waals surface area contributed by atoms with Gasteiger partial charge in [-0.1, -0.05) is 12.1 Å². The van der Waals surface area contributed by atoms with Crippen molar-refractivity contribution in [1.29, 1.82) is 0 Å². The second-order valence-corrected chi connectivity index (χ2v) is 5.09. The summed E-state index contributed by atoms with van der Waals surface area (Å²) in [5, 5.41) is 20.1. The van der Waals surface area contributed by atoms with Crippen LogP contribution in [-0.4, -0.2) is 27.9 Å². The molecule has 2 amide bonds. The molecule has 0 fully saturated rings. The predicted molar refractivity (Wildman–Crippen MR) is 86.9 cm³/mol. The summed E-state index contributed by atoms with van der Waals surface area (Å²) in [5.74, 6) is -3.03. The maximum absolute atomic E-state index is 13.5. The standard InChI is InChI=1S/C16H14FN3O6/c1-9(26-14-5-3-2-4-11(14)17)15(22)18-19-16(23)10-6-7-12(20(24)25)13(21)8-10/h2-9,21H,1H3,(H,18,22)(H,19,23). The number of rotatable bonds is 5. The Labute approximate surface area is 146 Å². The van der Waals surface area contributed by atoms with Crippen molar-refractivity contribution in [3.8, 4) is 11.5 Å². The molecule has 2 aromatic rings. The van der Waals surface area contributed by atoms with Crippen LogP contribution in [0, 0.1) is 15.9 Å². The second kappa shape index (κ2) is 7.92. The Bertz CT molecular complexity index is 858. The lowest BCUT2D eigenvalue weighted by Crippen LogP contribution is -2.47. The van der Waals surface area contributed by atoms with Crippen molar-refractivity contribution in [2.45, 2.75) is 13.0 Å². The molecule has 2 aromatic carbocycles. The molecular formula is C16H14FN3O6. The summed E-state index contributed by atoms with van der Waals surface area (Å²) in [6, 6.07) is 8.46. The van der Waals surface area contributed by atoms with Crippen LogP contribution in [0.5, 0.6) is 11.5 Å². The Kier molecular flexibility index (Phi) is 5.68. The number of amides is 2. The molecular weight excluding hydrogens is 349 g/mol. The van der Waals surface area contributed by atoms with Gasteiger partial charge in [0.15, 0.2) is 23.4 Å². The average molecular weight is 363 g/mol. The number of phenolic OH excluding ortho intramolecular Hbond substituents is 1. The highest BCUT2D eigenvalue weighted by Crippen LogP contribution is 2.26. The number of carbonyl (C=O) groups is 2. The molecule has 0 heterocycles. The maximum Gasteiger partial charge on any atom is 0.310 e. The first-order chi connectivity index (χ1) is 12.3. The molecule has 0 aliphatic rings. The SMILES string of the molecule is CC(Oc1ccccc1F)C(=O)NNC(=O)c1ccc([N+](=O)[O-])c(O)c1. The molecule has 0 bridgehead atoms. The molecule has 136 valence electrons. The summed E-state index contributed by atoms with van der Waals surface area (Å²) >= 11 is 0. The van der Waals surface area contributed by atoms with E-state index in [2.05, 4.69) is 10.9 Å². The van der Waals surface area contributed by atoms with E-state index >= 15 is 0 Å². The first kappa shape index (κ1) is 18.6. The Balaban J connectivity index is 1.94. The van der Waals surface area contributed by atoms with Gasteiger partial charge in [-0.2, -0.15) is 0 Å². The third-order valence-electron chi connectivity index (χ3n) is 3.24. The van der Waals surface area contributed by atoms with Crippen LogP contribution in [0.1, 0.15) is 17.3 Å². The van der Waals surface area contributed by atoms with Gasteiger partial charge in [0.05, 0.1) is 4.92 Å². The van der Waals surface area contributed by atoms with Gasteiger partial charge in [0.25, 0.3) is 11.8 Å². The molecule has 10 heteroatoms. The van der Waals surface area contributed by atoms with Gasteiger partial charge in [0.1, 0.15) is 0 Å². The van der Waals surface area contributed by atoms with E-state index in [1.54, 1.807) is 0 Å². The Morgan fingerprint density at radius 2 is 1.92 bits per heavy atom. The monoisotopic (exact) mass is 363 g/mol. The van der Waals surface area contributed by atoms with E-state index < -0.39 is 40.1 Å². The van der Waals surface area contributed by atoms with E-state index in [1.165, 1.54) is 31.2 Å². The van der Waals surface area contributed by atoms with E-state index in [1.807, 2.05) is 0 Å². The number of hydrogen-bond donors (Lipinski definition) is 3. The van der Waals surface area contributed by atoms with Crippen LogP contribution < -0.4 is 15.6 Å². The maximum atomic E-state index is 13.5. The number of aromatic hydroxyl groups is 1. The molecule has 26 heavy (non-hydrogen) atoms. The smallest absolute Gasteiger partial charge is 0.310 e.